The van der Waals surface area contributed by atoms with Gasteiger partial charge in [0.2, 0.25) is 5.91 Å². The number of nitrogens with zero attached hydrogens (tertiary/aromatic N) is 2. The van der Waals surface area contributed by atoms with Gasteiger partial charge >= 0.3 is 0 Å². The Hall–Kier alpha value is -1.66. The first-order valence-corrected chi connectivity index (χ1v) is 7.80. The number of rotatable bonds is 4. The number of halogens is 1. The van der Waals surface area contributed by atoms with Crippen molar-refractivity contribution in [2.45, 2.75) is 5.16 Å². The fourth-order valence-electron chi connectivity index (χ4n) is 1.41. The first kappa shape index (κ1) is 14.7. The smallest absolute Gasteiger partial charge is 0.248 e. The molecule has 1 aromatic carbocycles. The number of amides is 1. The van der Waals surface area contributed by atoms with E-state index in [1.54, 1.807) is 18.5 Å². The highest BCUT2D eigenvalue weighted by atomic mass is 79.9. The molecule has 0 spiro atoms. The summed E-state index contributed by atoms with van der Waals surface area (Å²) in [5.74, 6) is -0.193. The van der Waals surface area contributed by atoms with Crippen LogP contribution in [0.3, 0.4) is 0 Å². The van der Waals surface area contributed by atoms with Crippen LogP contribution >= 0.6 is 27.7 Å². The summed E-state index contributed by atoms with van der Waals surface area (Å²) in [6.45, 7) is 0. The van der Waals surface area contributed by atoms with Crippen LogP contribution in [0.25, 0.3) is 6.08 Å². The maximum Gasteiger partial charge on any atom is 0.248 e. The summed E-state index contributed by atoms with van der Waals surface area (Å²) < 4.78 is 0.970. The first-order valence-electron chi connectivity index (χ1n) is 5.78. The van der Waals surface area contributed by atoms with Crippen molar-refractivity contribution in [3.05, 3.63) is 52.8 Å². The van der Waals surface area contributed by atoms with Crippen molar-refractivity contribution in [2.75, 3.05) is 11.6 Å². The molecule has 4 nitrogen and oxygen atoms in total. The van der Waals surface area contributed by atoms with E-state index in [2.05, 4.69) is 31.2 Å². The Balaban J connectivity index is 1.96. The second kappa shape index (κ2) is 7.21. The van der Waals surface area contributed by atoms with Crippen LogP contribution in [0.2, 0.25) is 0 Å². The summed E-state index contributed by atoms with van der Waals surface area (Å²) in [6, 6.07) is 7.39. The molecule has 0 fully saturated rings. The largest absolute Gasteiger partial charge is 0.323 e. The van der Waals surface area contributed by atoms with Gasteiger partial charge in [0.05, 0.1) is 0 Å². The van der Waals surface area contributed by atoms with Gasteiger partial charge in [-0.05, 0) is 36.6 Å². The van der Waals surface area contributed by atoms with Crippen LogP contribution in [0, 0.1) is 0 Å². The molecule has 1 heterocycles. The highest BCUT2D eigenvalue weighted by Crippen LogP contribution is 2.14. The number of thioether (sulfide) groups is 1. The van der Waals surface area contributed by atoms with Crippen LogP contribution < -0.4 is 5.32 Å². The molecule has 0 bridgehead atoms. The molecule has 2 rings (SSSR count). The predicted molar refractivity (Wildman–Crippen MR) is 85.6 cm³/mol. The van der Waals surface area contributed by atoms with Gasteiger partial charge in [0.15, 0.2) is 5.16 Å². The number of anilines is 1. The summed E-state index contributed by atoms with van der Waals surface area (Å²) in [4.78, 5) is 20.0. The van der Waals surface area contributed by atoms with E-state index in [0.29, 0.717) is 5.16 Å². The van der Waals surface area contributed by atoms with E-state index in [-0.39, 0.29) is 5.91 Å². The van der Waals surface area contributed by atoms with Gasteiger partial charge in [-0.25, -0.2) is 9.97 Å². The lowest BCUT2D eigenvalue weighted by atomic mass is 10.3. The van der Waals surface area contributed by atoms with Crippen molar-refractivity contribution >= 4 is 45.4 Å². The number of hydrogen-bond acceptors (Lipinski definition) is 4. The standard InChI is InChI=1S/C14H12BrN3OS/c1-20-14-16-8-10(9-17-14)2-7-13(19)18-12-5-3-11(15)4-6-12/h2-9H,1H3,(H,18,19). The van der Waals surface area contributed by atoms with E-state index in [1.165, 1.54) is 17.8 Å². The Morgan fingerprint density at radius 3 is 2.50 bits per heavy atom. The third kappa shape index (κ3) is 4.47. The molecule has 0 aliphatic carbocycles. The quantitative estimate of drug-likeness (QED) is 0.520. The second-order valence-corrected chi connectivity index (χ2v) is 5.52. The van der Waals surface area contributed by atoms with Crippen molar-refractivity contribution in [2.24, 2.45) is 0 Å². The molecular weight excluding hydrogens is 338 g/mol. The number of hydrogen-bond donors (Lipinski definition) is 1. The monoisotopic (exact) mass is 349 g/mol. The van der Waals surface area contributed by atoms with Gasteiger partial charge in [-0.3, -0.25) is 4.79 Å². The first-order chi connectivity index (χ1) is 9.67. The molecular formula is C14H12BrN3OS. The van der Waals surface area contributed by atoms with Crippen molar-refractivity contribution in [1.29, 1.82) is 0 Å². The number of nitrogens with one attached hydrogen (secondary N) is 1. The van der Waals surface area contributed by atoms with Gasteiger partial charge < -0.3 is 5.32 Å². The van der Waals surface area contributed by atoms with E-state index in [9.17, 15) is 4.79 Å². The summed E-state index contributed by atoms with van der Waals surface area (Å²) in [7, 11) is 0. The van der Waals surface area contributed by atoms with Crippen molar-refractivity contribution in [3.63, 3.8) is 0 Å². The number of carbonyl (C=O) groups is 1. The van der Waals surface area contributed by atoms with Gasteiger partial charge in [0, 0.05) is 34.2 Å². The normalized spacial score (nSPS) is 10.7. The van der Waals surface area contributed by atoms with Crippen LogP contribution in [0.15, 0.2) is 52.4 Å². The van der Waals surface area contributed by atoms with Crippen LogP contribution in [0.4, 0.5) is 5.69 Å². The third-order valence-electron chi connectivity index (χ3n) is 2.37. The van der Waals surface area contributed by atoms with E-state index >= 15 is 0 Å². The van der Waals surface area contributed by atoms with Gasteiger partial charge in [0.25, 0.3) is 0 Å². The van der Waals surface area contributed by atoms with Gasteiger partial charge in [0.1, 0.15) is 0 Å². The lowest BCUT2D eigenvalue weighted by molar-refractivity contribution is -0.111. The molecule has 0 saturated heterocycles. The zero-order chi connectivity index (χ0) is 14.4. The zero-order valence-corrected chi connectivity index (χ0v) is 13.1. The maximum absolute atomic E-state index is 11.7. The minimum atomic E-state index is -0.193. The second-order valence-electron chi connectivity index (χ2n) is 3.83. The van der Waals surface area contributed by atoms with E-state index in [0.717, 1.165) is 15.7 Å². The minimum absolute atomic E-state index is 0.193. The van der Waals surface area contributed by atoms with Crippen LogP contribution in [0.5, 0.6) is 0 Å². The summed E-state index contributed by atoms with van der Waals surface area (Å²) in [5, 5.41) is 3.48. The summed E-state index contributed by atoms with van der Waals surface area (Å²) in [6.07, 6.45) is 8.42. The molecule has 6 heteroatoms. The van der Waals surface area contributed by atoms with Gasteiger partial charge in [-0.1, -0.05) is 27.7 Å². The summed E-state index contributed by atoms with van der Waals surface area (Å²) in [5.41, 5.74) is 1.53. The predicted octanol–water partition coefficient (Wildman–Crippen LogP) is 3.61. The lowest BCUT2D eigenvalue weighted by Crippen LogP contribution is -2.07. The fraction of sp³-hybridized carbons (Fsp3) is 0.0714. The lowest BCUT2D eigenvalue weighted by Gasteiger charge is -2.01. The molecule has 0 atom stereocenters. The number of benzene rings is 1. The number of aromatic nitrogens is 2. The van der Waals surface area contributed by atoms with E-state index in [1.807, 2.05) is 30.5 Å². The highest BCUT2D eigenvalue weighted by molar-refractivity contribution is 9.10. The SMILES string of the molecule is CSc1ncc(C=CC(=O)Nc2ccc(Br)cc2)cn1. The Morgan fingerprint density at radius 2 is 1.90 bits per heavy atom. The molecule has 2 aromatic rings. The topological polar surface area (TPSA) is 54.9 Å². The molecule has 0 saturated carbocycles. The van der Waals surface area contributed by atoms with Gasteiger partial charge in [-0.15, -0.1) is 0 Å². The average Bonchev–Trinajstić information content (AvgIpc) is 2.48. The molecule has 1 aromatic heterocycles. The molecule has 0 aliphatic rings. The highest BCUT2D eigenvalue weighted by Gasteiger charge is 1.98. The minimum Gasteiger partial charge on any atom is -0.323 e. The Kier molecular flexibility index (Phi) is 5.31. The molecule has 0 aliphatic heterocycles. The molecule has 102 valence electrons. The van der Waals surface area contributed by atoms with Crippen molar-refractivity contribution < 1.29 is 4.79 Å². The molecule has 1 N–H and O–H groups in total. The molecule has 1 amide bonds. The van der Waals surface area contributed by atoms with Gasteiger partial charge in [-0.2, -0.15) is 0 Å². The van der Waals surface area contributed by atoms with Crippen LogP contribution in [0.1, 0.15) is 5.56 Å². The summed E-state index contributed by atoms with van der Waals surface area (Å²) >= 11 is 4.82. The number of carbonyl (C=O) groups excluding carboxylic acids is 1. The molecule has 20 heavy (non-hydrogen) atoms. The van der Waals surface area contributed by atoms with E-state index in [4.69, 9.17) is 0 Å². The van der Waals surface area contributed by atoms with E-state index < -0.39 is 0 Å². The zero-order valence-electron chi connectivity index (χ0n) is 10.7. The Bertz CT molecular complexity index is 611. The Morgan fingerprint density at radius 1 is 1.25 bits per heavy atom. The Labute approximate surface area is 129 Å². The third-order valence-corrected chi connectivity index (χ3v) is 3.47. The van der Waals surface area contributed by atoms with Crippen LogP contribution in [-0.4, -0.2) is 22.1 Å². The van der Waals surface area contributed by atoms with Crippen molar-refractivity contribution in [1.82, 2.24) is 9.97 Å². The average molecular weight is 350 g/mol. The fourth-order valence-corrected chi connectivity index (χ4v) is 1.99. The van der Waals surface area contributed by atoms with Crippen molar-refractivity contribution in [3.8, 4) is 0 Å². The molecule has 0 radical (unpaired) electrons. The maximum atomic E-state index is 11.7. The molecule has 0 unspecified atom stereocenters. The van der Waals surface area contributed by atoms with Crippen LogP contribution in [-0.2, 0) is 4.79 Å².